The van der Waals surface area contributed by atoms with Gasteiger partial charge in [-0.3, -0.25) is 10.1 Å². The van der Waals surface area contributed by atoms with E-state index in [0.29, 0.717) is 31.1 Å². The Bertz CT molecular complexity index is 425. The van der Waals surface area contributed by atoms with E-state index in [1.54, 1.807) is 20.2 Å². The Morgan fingerprint density at radius 1 is 1.42 bits per heavy atom. The van der Waals surface area contributed by atoms with Crippen LogP contribution in [-0.4, -0.2) is 50.5 Å². The summed E-state index contributed by atoms with van der Waals surface area (Å²) < 4.78 is 5.00. The highest BCUT2D eigenvalue weighted by Crippen LogP contribution is 2.26. The van der Waals surface area contributed by atoms with Gasteiger partial charge in [-0.05, 0) is 6.07 Å². The molecule has 0 atom stereocenters. The fraction of sp³-hybridized carbons (Fsp3) is 0.500. The third-order valence-electron chi connectivity index (χ3n) is 2.70. The fourth-order valence-corrected chi connectivity index (χ4v) is 1.72. The number of benzene rings is 1. The molecule has 0 aliphatic rings. The predicted molar refractivity (Wildman–Crippen MR) is 73.8 cm³/mol. The van der Waals surface area contributed by atoms with E-state index in [4.69, 9.17) is 9.84 Å². The lowest BCUT2D eigenvalue weighted by Gasteiger charge is -2.24. The largest absolute Gasteiger partial charge is 0.395 e. The molecule has 7 nitrogen and oxygen atoms in total. The summed E-state index contributed by atoms with van der Waals surface area (Å²) in [6.07, 6.45) is 0. The Morgan fingerprint density at radius 3 is 2.68 bits per heavy atom. The van der Waals surface area contributed by atoms with Crippen LogP contribution in [0.2, 0.25) is 0 Å². The van der Waals surface area contributed by atoms with Gasteiger partial charge in [0.2, 0.25) is 0 Å². The number of nitro benzene ring substituents is 1. The van der Waals surface area contributed by atoms with Crippen LogP contribution in [0, 0.1) is 10.1 Å². The number of methoxy groups -OCH3 is 1. The minimum absolute atomic E-state index is 0.0159. The second-order valence-corrected chi connectivity index (χ2v) is 3.95. The van der Waals surface area contributed by atoms with Gasteiger partial charge in [0.1, 0.15) is 0 Å². The molecule has 1 rings (SSSR count). The van der Waals surface area contributed by atoms with Gasteiger partial charge in [-0.25, -0.2) is 0 Å². The average Bonchev–Trinajstić information content (AvgIpc) is 2.42. The lowest BCUT2D eigenvalue weighted by molar-refractivity contribution is -0.384. The molecule has 0 aliphatic carbocycles. The van der Waals surface area contributed by atoms with Gasteiger partial charge in [-0.2, -0.15) is 0 Å². The maximum absolute atomic E-state index is 10.9. The van der Waals surface area contributed by atoms with Crippen molar-refractivity contribution in [2.75, 3.05) is 50.7 Å². The smallest absolute Gasteiger partial charge is 0.273 e. The third kappa shape index (κ3) is 4.38. The number of rotatable bonds is 8. The molecule has 0 amide bonds. The SMILES string of the molecule is CNc1cc(N(CCO)CCOC)cc([N+](=O)[O-])c1. The van der Waals surface area contributed by atoms with Gasteiger partial charge >= 0.3 is 0 Å². The van der Waals surface area contributed by atoms with Gasteiger partial charge in [0.05, 0.1) is 18.1 Å². The van der Waals surface area contributed by atoms with Gasteiger partial charge in [-0.1, -0.05) is 0 Å². The number of ether oxygens (including phenoxy) is 1. The summed E-state index contributed by atoms with van der Waals surface area (Å²) in [5, 5.41) is 22.9. The van der Waals surface area contributed by atoms with Gasteiger partial charge in [-0.15, -0.1) is 0 Å². The molecule has 1 aromatic carbocycles. The summed E-state index contributed by atoms with van der Waals surface area (Å²) >= 11 is 0. The number of non-ortho nitro benzene ring substituents is 1. The molecular weight excluding hydrogens is 250 g/mol. The van der Waals surface area contributed by atoms with Crippen LogP contribution in [0.5, 0.6) is 0 Å². The second kappa shape index (κ2) is 7.55. The van der Waals surface area contributed by atoms with Crippen molar-refractivity contribution in [3.05, 3.63) is 28.3 Å². The maximum Gasteiger partial charge on any atom is 0.273 e. The first kappa shape index (κ1) is 15.2. The van der Waals surface area contributed by atoms with Crippen LogP contribution in [0.1, 0.15) is 0 Å². The molecule has 0 aliphatic heterocycles. The van der Waals surface area contributed by atoms with E-state index in [0.717, 1.165) is 0 Å². The highest BCUT2D eigenvalue weighted by molar-refractivity contribution is 5.64. The minimum atomic E-state index is -0.433. The van der Waals surface area contributed by atoms with E-state index in [-0.39, 0.29) is 12.3 Å². The number of hydrogen-bond acceptors (Lipinski definition) is 6. The van der Waals surface area contributed by atoms with Crippen molar-refractivity contribution in [2.24, 2.45) is 0 Å². The highest BCUT2D eigenvalue weighted by Gasteiger charge is 2.13. The number of hydrogen-bond donors (Lipinski definition) is 2. The van der Waals surface area contributed by atoms with Crippen LogP contribution < -0.4 is 10.2 Å². The molecule has 0 aromatic heterocycles. The summed E-state index contributed by atoms with van der Waals surface area (Å²) in [4.78, 5) is 12.3. The van der Waals surface area contributed by atoms with Crippen molar-refractivity contribution in [1.82, 2.24) is 0 Å². The average molecular weight is 269 g/mol. The van der Waals surface area contributed by atoms with Gasteiger partial charge < -0.3 is 20.1 Å². The number of aliphatic hydroxyl groups is 1. The van der Waals surface area contributed by atoms with Crippen LogP contribution in [0.15, 0.2) is 18.2 Å². The summed E-state index contributed by atoms with van der Waals surface area (Å²) in [5.74, 6) is 0. The summed E-state index contributed by atoms with van der Waals surface area (Å²) in [7, 11) is 3.29. The molecule has 0 radical (unpaired) electrons. The minimum Gasteiger partial charge on any atom is -0.395 e. The van der Waals surface area contributed by atoms with E-state index in [9.17, 15) is 10.1 Å². The number of anilines is 2. The highest BCUT2D eigenvalue weighted by atomic mass is 16.6. The zero-order chi connectivity index (χ0) is 14.3. The molecule has 106 valence electrons. The molecule has 19 heavy (non-hydrogen) atoms. The van der Waals surface area contributed by atoms with Crippen LogP contribution in [-0.2, 0) is 4.74 Å². The molecular formula is C12H19N3O4. The number of nitro groups is 1. The Balaban J connectivity index is 3.05. The van der Waals surface area contributed by atoms with Crippen molar-refractivity contribution in [2.45, 2.75) is 0 Å². The molecule has 0 heterocycles. The van der Waals surface area contributed by atoms with Crippen LogP contribution >= 0.6 is 0 Å². The van der Waals surface area contributed by atoms with E-state index >= 15 is 0 Å². The summed E-state index contributed by atoms with van der Waals surface area (Å²) in [6, 6.07) is 4.77. The molecule has 1 aromatic rings. The van der Waals surface area contributed by atoms with Crippen LogP contribution in [0.25, 0.3) is 0 Å². The number of aliphatic hydroxyl groups excluding tert-OH is 1. The molecule has 0 spiro atoms. The Morgan fingerprint density at radius 2 is 2.16 bits per heavy atom. The van der Waals surface area contributed by atoms with Crippen molar-refractivity contribution in [3.63, 3.8) is 0 Å². The third-order valence-corrected chi connectivity index (χ3v) is 2.70. The van der Waals surface area contributed by atoms with Gasteiger partial charge in [0, 0.05) is 50.8 Å². The Hall–Kier alpha value is -1.86. The molecule has 2 N–H and O–H groups in total. The normalized spacial score (nSPS) is 10.3. The van der Waals surface area contributed by atoms with E-state index < -0.39 is 4.92 Å². The maximum atomic E-state index is 10.9. The molecule has 7 heteroatoms. The molecule has 0 saturated heterocycles. The van der Waals surface area contributed by atoms with Crippen molar-refractivity contribution in [1.29, 1.82) is 0 Å². The van der Waals surface area contributed by atoms with Crippen molar-refractivity contribution in [3.8, 4) is 0 Å². The lowest BCUT2D eigenvalue weighted by Crippen LogP contribution is -2.30. The molecule has 0 saturated carbocycles. The fourth-order valence-electron chi connectivity index (χ4n) is 1.72. The molecule has 0 fully saturated rings. The van der Waals surface area contributed by atoms with Gasteiger partial charge in [0.25, 0.3) is 5.69 Å². The Kier molecular flexibility index (Phi) is 6.04. The first-order chi connectivity index (χ1) is 9.12. The van der Waals surface area contributed by atoms with E-state index in [1.165, 1.54) is 12.1 Å². The first-order valence-electron chi connectivity index (χ1n) is 5.94. The van der Waals surface area contributed by atoms with Gasteiger partial charge in [0.15, 0.2) is 0 Å². The topological polar surface area (TPSA) is 87.9 Å². The predicted octanol–water partition coefficient (Wildman–Crippen LogP) is 1.08. The van der Waals surface area contributed by atoms with E-state index in [1.807, 2.05) is 4.90 Å². The first-order valence-corrected chi connectivity index (χ1v) is 5.94. The van der Waals surface area contributed by atoms with Crippen LogP contribution in [0.3, 0.4) is 0 Å². The second-order valence-electron chi connectivity index (χ2n) is 3.95. The lowest BCUT2D eigenvalue weighted by atomic mass is 10.2. The Labute approximate surface area is 111 Å². The quantitative estimate of drug-likeness (QED) is 0.542. The van der Waals surface area contributed by atoms with Crippen molar-refractivity contribution < 1.29 is 14.8 Å². The standard InChI is InChI=1S/C12H19N3O4/c1-13-10-7-11(9-12(8-10)15(17)18)14(3-5-16)4-6-19-2/h7-9,13,16H,3-6H2,1-2H3. The zero-order valence-corrected chi connectivity index (χ0v) is 11.1. The number of nitrogens with zero attached hydrogens (tertiary/aromatic N) is 2. The molecule has 0 unspecified atom stereocenters. The number of nitrogens with one attached hydrogen (secondary N) is 1. The van der Waals surface area contributed by atoms with E-state index in [2.05, 4.69) is 5.32 Å². The van der Waals surface area contributed by atoms with Crippen molar-refractivity contribution >= 4 is 17.1 Å². The zero-order valence-electron chi connectivity index (χ0n) is 11.1. The molecule has 0 bridgehead atoms. The summed E-state index contributed by atoms with van der Waals surface area (Å²) in [6.45, 7) is 1.41. The summed E-state index contributed by atoms with van der Waals surface area (Å²) in [5.41, 5.74) is 1.36. The monoisotopic (exact) mass is 269 g/mol. The van der Waals surface area contributed by atoms with Crippen LogP contribution in [0.4, 0.5) is 17.1 Å².